The van der Waals surface area contributed by atoms with Crippen molar-refractivity contribution in [2.75, 3.05) is 17.1 Å². The van der Waals surface area contributed by atoms with Crippen molar-refractivity contribution in [2.45, 2.75) is 18.4 Å². The third-order valence-electron chi connectivity index (χ3n) is 7.00. The first-order valence-electron chi connectivity index (χ1n) is 14.0. The summed E-state index contributed by atoms with van der Waals surface area (Å²) in [6, 6.07) is 12.6. The number of halogens is 5. The van der Waals surface area contributed by atoms with Crippen LogP contribution in [0, 0.1) is 18.6 Å². The number of nitrogens with two attached hydrogens (primary N) is 1. The lowest BCUT2D eigenvalue weighted by atomic mass is 10.1. The molecule has 0 amide bonds. The van der Waals surface area contributed by atoms with Crippen LogP contribution in [0.5, 0.6) is 17.4 Å². The number of ketones is 1. The van der Waals surface area contributed by atoms with E-state index in [1.807, 2.05) is 0 Å². The summed E-state index contributed by atoms with van der Waals surface area (Å²) >= 11 is 5.83. The number of alkyl halides is 2. The van der Waals surface area contributed by atoms with Crippen molar-refractivity contribution >= 4 is 49.8 Å². The average molecular weight is 716 g/mol. The lowest BCUT2D eigenvalue weighted by Gasteiger charge is -2.14. The van der Waals surface area contributed by atoms with Crippen molar-refractivity contribution in [3.8, 4) is 23.1 Å². The van der Waals surface area contributed by atoms with Crippen molar-refractivity contribution in [1.82, 2.24) is 24.7 Å². The quantitative estimate of drug-likeness (QED) is 0.0778. The number of anilines is 2. The summed E-state index contributed by atoms with van der Waals surface area (Å²) in [6.07, 6.45) is -0.349. The Bertz CT molecular complexity index is 2330. The van der Waals surface area contributed by atoms with Crippen LogP contribution in [0.4, 0.5) is 29.1 Å². The number of pyridine rings is 2. The van der Waals surface area contributed by atoms with E-state index in [9.17, 15) is 30.8 Å². The lowest BCUT2D eigenvalue weighted by Crippen LogP contribution is -2.16. The Kier molecular flexibility index (Phi) is 8.87. The van der Waals surface area contributed by atoms with Gasteiger partial charge in [-0.25, -0.2) is 32.2 Å². The fraction of sp³-hybridized carbons (Fsp3) is 0.0968. The minimum atomic E-state index is -4.34. The molecule has 6 rings (SSSR count). The highest BCUT2D eigenvalue weighted by Gasteiger charge is 2.24. The molecule has 0 bridgehead atoms. The SMILES string of the molecule is Cc1cc(Oc2c(F)cccc2F)ncc1-n1ncc(C(=O)c2cc3cc(OCC(F)F)c(NS(=O)(=O)c4cccc(Cl)n4)cc3[nH]2)c1N. The van der Waals surface area contributed by atoms with E-state index in [0.717, 1.165) is 12.1 Å². The molecule has 0 unspecified atom stereocenters. The molecule has 2 aromatic carbocycles. The highest BCUT2D eigenvalue weighted by Crippen LogP contribution is 2.34. The molecule has 0 aliphatic carbocycles. The molecule has 49 heavy (non-hydrogen) atoms. The lowest BCUT2D eigenvalue weighted by molar-refractivity contribution is 0.0823. The standard InChI is InChI=1S/C31H22ClF4N7O5S/c1-15-8-27(48-30-18(33)4-2-5-19(30)34)38-13-23(15)43-31(37)17(12-39-43)29(44)22-9-16-10-24(47-14-26(35)36)21(11-20(16)40-22)42-49(45,46)28-7-3-6-25(32)41-28/h2-13,26,40,42H,14,37H2,1H3. The molecular formula is C31H22ClF4N7O5S. The van der Waals surface area contributed by atoms with Crippen molar-refractivity contribution in [2.24, 2.45) is 0 Å². The van der Waals surface area contributed by atoms with E-state index < -0.39 is 51.2 Å². The number of para-hydroxylation sites is 1. The van der Waals surface area contributed by atoms with Gasteiger partial charge in [-0.3, -0.25) is 9.52 Å². The Labute approximate surface area is 279 Å². The number of aryl methyl sites for hydroxylation is 1. The van der Waals surface area contributed by atoms with Gasteiger partial charge in [0.1, 0.15) is 23.3 Å². The summed E-state index contributed by atoms with van der Waals surface area (Å²) in [4.78, 5) is 24.3. The van der Waals surface area contributed by atoms with Gasteiger partial charge in [-0.15, -0.1) is 0 Å². The summed E-state index contributed by atoms with van der Waals surface area (Å²) in [5.41, 5.74) is 7.15. The number of benzene rings is 2. The molecule has 0 fully saturated rings. The zero-order valence-corrected chi connectivity index (χ0v) is 26.5. The van der Waals surface area contributed by atoms with E-state index in [0.29, 0.717) is 16.6 Å². The van der Waals surface area contributed by atoms with Gasteiger partial charge < -0.3 is 20.2 Å². The molecule has 0 spiro atoms. The third-order valence-corrected chi connectivity index (χ3v) is 8.48. The summed E-state index contributed by atoms with van der Waals surface area (Å²) in [5, 5.41) is 4.01. The van der Waals surface area contributed by atoms with Crippen LogP contribution < -0.4 is 19.9 Å². The van der Waals surface area contributed by atoms with Crippen molar-refractivity contribution < 1.29 is 40.2 Å². The van der Waals surface area contributed by atoms with Crippen molar-refractivity contribution in [3.05, 3.63) is 107 Å². The van der Waals surface area contributed by atoms with Crippen LogP contribution >= 0.6 is 11.6 Å². The molecule has 0 radical (unpaired) electrons. The maximum Gasteiger partial charge on any atom is 0.279 e. The molecular weight excluding hydrogens is 694 g/mol. The van der Waals surface area contributed by atoms with Crippen LogP contribution in [-0.4, -0.2) is 52.0 Å². The van der Waals surface area contributed by atoms with E-state index in [1.54, 1.807) is 6.92 Å². The predicted molar refractivity (Wildman–Crippen MR) is 170 cm³/mol. The largest absolute Gasteiger partial charge is 0.485 e. The Hall–Kier alpha value is -5.68. The fourth-order valence-corrected chi connectivity index (χ4v) is 5.97. The maximum absolute atomic E-state index is 14.0. The summed E-state index contributed by atoms with van der Waals surface area (Å²) in [5.74, 6) is -3.48. The van der Waals surface area contributed by atoms with Gasteiger partial charge in [0.25, 0.3) is 16.4 Å². The van der Waals surface area contributed by atoms with E-state index >= 15 is 0 Å². The molecule has 0 saturated heterocycles. The van der Waals surface area contributed by atoms with Crippen LogP contribution in [0.25, 0.3) is 16.6 Å². The normalized spacial score (nSPS) is 11.7. The Morgan fingerprint density at radius 2 is 1.82 bits per heavy atom. The monoisotopic (exact) mass is 715 g/mol. The molecule has 4 N–H and O–H groups in total. The minimum Gasteiger partial charge on any atom is -0.485 e. The first-order chi connectivity index (χ1) is 23.3. The second-order valence-electron chi connectivity index (χ2n) is 10.4. The smallest absolute Gasteiger partial charge is 0.279 e. The van der Waals surface area contributed by atoms with Crippen LogP contribution in [0.2, 0.25) is 5.15 Å². The number of sulfonamides is 1. The van der Waals surface area contributed by atoms with Crippen molar-refractivity contribution in [3.63, 3.8) is 0 Å². The fourth-order valence-electron chi connectivity index (χ4n) is 4.73. The number of hydrogen-bond acceptors (Lipinski definition) is 9. The molecule has 12 nitrogen and oxygen atoms in total. The summed E-state index contributed by atoms with van der Waals surface area (Å²) in [6.45, 7) is 0.604. The number of ether oxygens (including phenoxy) is 2. The van der Waals surface area contributed by atoms with Gasteiger partial charge in [-0.1, -0.05) is 23.7 Å². The van der Waals surface area contributed by atoms with Gasteiger partial charge >= 0.3 is 0 Å². The number of hydrogen-bond donors (Lipinski definition) is 3. The Morgan fingerprint density at radius 3 is 2.51 bits per heavy atom. The minimum absolute atomic E-state index is 0.00286. The first kappa shape index (κ1) is 33.2. The molecule has 4 aromatic heterocycles. The molecule has 252 valence electrons. The zero-order chi connectivity index (χ0) is 35.0. The molecule has 4 heterocycles. The number of nitrogen functional groups attached to an aromatic ring is 1. The number of carbonyl (C=O) groups excluding carboxylic acids is 1. The van der Waals surface area contributed by atoms with Gasteiger partial charge in [-0.05, 0) is 55.0 Å². The van der Waals surface area contributed by atoms with Crippen LogP contribution in [0.1, 0.15) is 21.6 Å². The van der Waals surface area contributed by atoms with Gasteiger partial charge in [0.15, 0.2) is 16.7 Å². The third kappa shape index (κ3) is 6.84. The second-order valence-corrected chi connectivity index (χ2v) is 12.4. The number of rotatable bonds is 11. The number of aromatic amines is 1. The van der Waals surface area contributed by atoms with E-state index in [2.05, 4.69) is 24.8 Å². The van der Waals surface area contributed by atoms with Gasteiger partial charge in [0, 0.05) is 17.0 Å². The topological polar surface area (TPSA) is 167 Å². The first-order valence-corrected chi connectivity index (χ1v) is 15.9. The Morgan fingerprint density at radius 1 is 1.08 bits per heavy atom. The summed E-state index contributed by atoms with van der Waals surface area (Å²) < 4.78 is 94.2. The van der Waals surface area contributed by atoms with Gasteiger partial charge in [0.2, 0.25) is 17.4 Å². The summed E-state index contributed by atoms with van der Waals surface area (Å²) in [7, 11) is -4.34. The number of carbonyl (C=O) groups is 1. The molecule has 6 aromatic rings. The highest BCUT2D eigenvalue weighted by molar-refractivity contribution is 7.92. The molecule has 0 aliphatic heterocycles. The van der Waals surface area contributed by atoms with Crippen molar-refractivity contribution in [1.29, 1.82) is 0 Å². The second kappa shape index (κ2) is 13.1. The Balaban J connectivity index is 1.29. The maximum atomic E-state index is 14.0. The zero-order valence-electron chi connectivity index (χ0n) is 24.9. The number of nitrogens with one attached hydrogen (secondary N) is 2. The van der Waals surface area contributed by atoms with E-state index in [4.69, 9.17) is 26.8 Å². The van der Waals surface area contributed by atoms with Crippen LogP contribution in [-0.2, 0) is 10.0 Å². The number of nitrogens with zero attached hydrogens (tertiary/aromatic N) is 4. The molecule has 0 aliphatic rings. The van der Waals surface area contributed by atoms with E-state index in [-0.39, 0.29) is 45.1 Å². The van der Waals surface area contributed by atoms with Crippen LogP contribution in [0.15, 0.2) is 78.1 Å². The van der Waals surface area contributed by atoms with Crippen LogP contribution in [0.3, 0.4) is 0 Å². The molecule has 18 heteroatoms. The number of fused-ring (bicyclic) bond motifs is 1. The van der Waals surface area contributed by atoms with E-state index in [1.165, 1.54) is 65.6 Å². The predicted octanol–water partition coefficient (Wildman–Crippen LogP) is 6.43. The number of H-pyrrole nitrogens is 1. The highest BCUT2D eigenvalue weighted by atomic mass is 35.5. The van der Waals surface area contributed by atoms with Gasteiger partial charge in [-0.2, -0.15) is 13.5 Å². The average Bonchev–Trinajstić information content (AvgIpc) is 3.64. The molecule has 0 atom stereocenters. The van der Waals surface area contributed by atoms with Gasteiger partial charge in [0.05, 0.1) is 35.0 Å². The molecule has 0 saturated carbocycles. The number of aromatic nitrogens is 5.